The van der Waals surface area contributed by atoms with Crippen LogP contribution in [0, 0.1) is 17.8 Å². The van der Waals surface area contributed by atoms with Crippen molar-refractivity contribution in [3.05, 3.63) is 11.6 Å². The molecule has 0 saturated heterocycles. The van der Waals surface area contributed by atoms with Gasteiger partial charge in [0.1, 0.15) is 0 Å². The maximum atomic E-state index is 2.43. The van der Waals surface area contributed by atoms with Crippen LogP contribution >= 0.6 is 0 Å². The predicted octanol–water partition coefficient (Wildman–Crippen LogP) is 5.44. The first kappa shape index (κ1) is 14.7. The summed E-state index contributed by atoms with van der Waals surface area (Å²) in [5, 5.41) is 0. The average Bonchev–Trinajstić information content (AvgIpc) is 2.11. The van der Waals surface area contributed by atoms with Gasteiger partial charge in [0.2, 0.25) is 0 Å². The Balaban J connectivity index is 3.74. The van der Waals surface area contributed by atoms with Gasteiger partial charge in [0.25, 0.3) is 0 Å². The standard InChI is InChI=1S/C15H30/c1-12(2)7-9-14(5)11-15(6)10-8-13(3)4/h9,12-13,15H,7-8,10-11H2,1-6H3. The molecule has 90 valence electrons. The van der Waals surface area contributed by atoms with Gasteiger partial charge in [-0.1, -0.05) is 59.1 Å². The van der Waals surface area contributed by atoms with E-state index in [1.807, 2.05) is 0 Å². The second kappa shape index (κ2) is 7.96. The zero-order valence-corrected chi connectivity index (χ0v) is 11.6. The minimum absolute atomic E-state index is 0.797. The molecule has 0 aliphatic heterocycles. The van der Waals surface area contributed by atoms with Crippen molar-refractivity contribution in [3.63, 3.8) is 0 Å². The second-order valence-corrected chi connectivity index (χ2v) is 5.96. The molecule has 0 aliphatic rings. The third-order valence-electron chi connectivity index (χ3n) is 2.84. The quantitative estimate of drug-likeness (QED) is 0.491. The maximum Gasteiger partial charge on any atom is -0.0297 e. The molecule has 0 aromatic carbocycles. The largest absolute Gasteiger partial charge is 0.0853 e. The summed E-state index contributed by atoms with van der Waals surface area (Å²) in [5.74, 6) is 2.51. The molecule has 0 saturated carbocycles. The first-order valence-corrected chi connectivity index (χ1v) is 6.57. The average molecular weight is 210 g/mol. The molecule has 0 radical (unpaired) electrons. The molecular formula is C15H30. The molecule has 0 fully saturated rings. The fraction of sp³-hybridized carbons (Fsp3) is 0.867. The zero-order chi connectivity index (χ0) is 11.8. The molecule has 0 amide bonds. The van der Waals surface area contributed by atoms with E-state index in [0.717, 1.165) is 17.8 Å². The van der Waals surface area contributed by atoms with E-state index in [1.165, 1.54) is 25.7 Å². The minimum atomic E-state index is 0.797. The summed E-state index contributed by atoms with van der Waals surface area (Å²) < 4.78 is 0. The van der Waals surface area contributed by atoms with Gasteiger partial charge in [-0.3, -0.25) is 0 Å². The number of allylic oxidation sites excluding steroid dienone is 2. The van der Waals surface area contributed by atoms with Gasteiger partial charge >= 0.3 is 0 Å². The van der Waals surface area contributed by atoms with E-state index in [4.69, 9.17) is 0 Å². The Bertz CT molecular complexity index is 174. The Hall–Kier alpha value is -0.260. The van der Waals surface area contributed by atoms with E-state index in [-0.39, 0.29) is 0 Å². The van der Waals surface area contributed by atoms with Crippen molar-refractivity contribution in [3.8, 4) is 0 Å². The number of hydrogen-bond acceptors (Lipinski definition) is 0. The first-order chi connectivity index (χ1) is 6.91. The lowest BCUT2D eigenvalue weighted by molar-refractivity contribution is 0.447. The van der Waals surface area contributed by atoms with E-state index in [0.29, 0.717) is 0 Å². The number of rotatable bonds is 7. The lowest BCUT2D eigenvalue weighted by Gasteiger charge is -2.13. The van der Waals surface area contributed by atoms with Gasteiger partial charge in [0, 0.05) is 0 Å². The van der Waals surface area contributed by atoms with Crippen LogP contribution in [0.4, 0.5) is 0 Å². The Kier molecular flexibility index (Phi) is 7.82. The Morgan fingerprint density at radius 3 is 2.00 bits per heavy atom. The molecule has 0 aromatic heterocycles. The minimum Gasteiger partial charge on any atom is -0.0853 e. The predicted molar refractivity (Wildman–Crippen MR) is 71.1 cm³/mol. The van der Waals surface area contributed by atoms with Gasteiger partial charge < -0.3 is 0 Å². The summed E-state index contributed by atoms with van der Waals surface area (Å²) >= 11 is 0. The molecule has 0 spiro atoms. The molecular weight excluding hydrogens is 180 g/mol. The Morgan fingerprint density at radius 1 is 0.933 bits per heavy atom. The van der Waals surface area contributed by atoms with Crippen LogP contribution in [0.3, 0.4) is 0 Å². The highest BCUT2D eigenvalue weighted by Gasteiger charge is 2.04. The van der Waals surface area contributed by atoms with Crippen LogP contribution in [0.5, 0.6) is 0 Å². The van der Waals surface area contributed by atoms with Gasteiger partial charge in [-0.25, -0.2) is 0 Å². The fourth-order valence-corrected chi connectivity index (χ4v) is 1.79. The number of hydrogen-bond donors (Lipinski definition) is 0. The van der Waals surface area contributed by atoms with E-state index >= 15 is 0 Å². The van der Waals surface area contributed by atoms with Gasteiger partial charge in [0.05, 0.1) is 0 Å². The third-order valence-corrected chi connectivity index (χ3v) is 2.84. The van der Waals surface area contributed by atoms with E-state index in [1.54, 1.807) is 5.57 Å². The summed E-state index contributed by atoms with van der Waals surface area (Å²) in [6.07, 6.45) is 7.71. The normalized spacial score (nSPS) is 15.1. The third kappa shape index (κ3) is 10.0. The van der Waals surface area contributed by atoms with Crippen molar-refractivity contribution in [2.24, 2.45) is 17.8 Å². The molecule has 0 nitrogen and oxygen atoms in total. The Morgan fingerprint density at radius 2 is 1.53 bits per heavy atom. The lowest BCUT2D eigenvalue weighted by atomic mass is 9.93. The monoisotopic (exact) mass is 210 g/mol. The summed E-state index contributed by atoms with van der Waals surface area (Å²) in [5.41, 5.74) is 1.58. The molecule has 0 aromatic rings. The van der Waals surface area contributed by atoms with Crippen molar-refractivity contribution in [2.45, 2.75) is 67.2 Å². The molecule has 0 heteroatoms. The smallest absolute Gasteiger partial charge is 0.0297 e. The van der Waals surface area contributed by atoms with Crippen molar-refractivity contribution in [2.75, 3.05) is 0 Å². The van der Waals surface area contributed by atoms with Crippen LogP contribution in [0.25, 0.3) is 0 Å². The summed E-state index contributed by atoms with van der Waals surface area (Å²) in [7, 11) is 0. The van der Waals surface area contributed by atoms with Gasteiger partial charge in [0.15, 0.2) is 0 Å². The summed E-state index contributed by atoms with van der Waals surface area (Å²) in [6, 6.07) is 0. The van der Waals surface area contributed by atoms with Crippen LogP contribution in [0.15, 0.2) is 11.6 Å². The zero-order valence-electron chi connectivity index (χ0n) is 11.6. The van der Waals surface area contributed by atoms with Crippen LogP contribution in [-0.2, 0) is 0 Å². The maximum absolute atomic E-state index is 2.43. The van der Waals surface area contributed by atoms with Crippen molar-refractivity contribution in [1.29, 1.82) is 0 Å². The first-order valence-electron chi connectivity index (χ1n) is 6.57. The van der Waals surface area contributed by atoms with Crippen molar-refractivity contribution >= 4 is 0 Å². The Labute approximate surface area is 97.2 Å². The van der Waals surface area contributed by atoms with Crippen molar-refractivity contribution < 1.29 is 0 Å². The van der Waals surface area contributed by atoms with E-state index < -0.39 is 0 Å². The van der Waals surface area contributed by atoms with Gasteiger partial charge in [-0.15, -0.1) is 0 Å². The summed E-state index contributed by atoms with van der Waals surface area (Å²) in [6.45, 7) is 13.9. The van der Waals surface area contributed by atoms with Gasteiger partial charge in [-0.05, 0) is 37.5 Å². The van der Waals surface area contributed by atoms with Crippen LogP contribution in [0.1, 0.15) is 67.2 Å². The second-order valence-electron chi connectivity index (χ2n) is 5.96. The fourth-order valence-electron chi connectivity index (χ4n) is 1.79. The van der Waals surface area contributed by atoms with Crippen LogP contribution in [0.2, 0.25) is 0 Å². The van der Waals surface area contributed by atoms with E-state index in [9.17, 15) is 0 Å². The molecule has 1 unspecified atom stereocenters. The highest BCUT2D eigenvalue weighted by atomic mass is 14.1. The lowest BCUT2D eigenvalue weighted by Crippen LogP contribution is -1.99. The van der Waals surface area contributed by atoms with Crippen LogP contribution in [-0.4, -0.2) is 0 Å². The van der Waals surface area contributed by atoms with Crippen LogP contribution < -0.4 is 0 Å². The molecule has 1 atom stereocenters. The highest BCUT2D eigenvalue weighted by molar-refractivity contribution is 4.99. The molecule has 0 rings (SSSR count). The SMILES string of the molecule is CC(=CCC(C)C)CC(C)CCC(C)C. The molecule has 15 heavy (non-hydrogen) atoms. The molecule has 0 N–H and O–H groups in total. The highest BCUT2D eigenvalue weighted by Crippen LogP contribution is 2.19. The molecule has 0 bridgehead atoms. The van der Waals surface area contributed by atoms with Gasteiger partial charge in [-0.2, -0.15) is 0 Å². The molecule has 0 heterocycles. The van der Waals surface area contributed by atoms with Crippen molar-refractivity contribution in [1.82, 2.24) is 0 Å². The molecule has 0 aliphatic carbocycles. The summed E-state index contributed by atoms with van der Waals surface area (Å²) in [4.78, 5) is 0. The topological polar surface area (TPSA) is 0 Å². The van der Waals surface area contributed by atoms with E-state index in [2.05, 4.69) is 47.6 Å².